The minimum absolute atomic E-state index is 0.220. The van der Waals surface area contributed by atoms with Gasteiger partial charge in [0.15, 0.2) is 0 Å². The van der Waals surface area contributed by atoms with E-state index in [0.717, 1.165) is 27.3 Å². The SMILES string of the molecule is Cc1ccc(C)c([C@@H](C)NC(=O)[C@@H](C)N(c2ccccc2)S(C)(=O)=O)c1. The Hall–Kier alpha value is -2.34. The lowest BCUT2D eigenvalue weighted by molar-refractivity contribution is -0.122. The molecule has 2 rings (SSSR count). The van der Waals surface area contributed by atoms with Crippen LogP contribution in [-0.2, 0) is 14.8 Å². The van der Waals surface area contributed by atoms with Gasteiger partial charge in [-0.15, -0.1) is 0 Å². The van der Waals surface area contributed by atoms with E-state index in [2.05, 4.69) is 5.32 Å². The van der Waals surface area contributed by atoms with Crippen molar-refractivity contribution in [2.45, 2.75) is 39.8 Å². The predicted molar refractivity (Wildman–Crippen MR) is 106 cm³/mol. The number of nitrogens with one attached hydrogen (secondary N) is 1. The van der Waals surface area contributed by atoms with Crippen LogP contribution in [-0.4, -0.2) is 26.6 Å². The van der Waals surface area contributed by atoms with Gasteiger partial charge in [-0.25, -0.2) is 8.42 Å². The van der Waals surface area contributed by atoms with Crippen molar-refractivity contribution in [2.75, 3.05) is 10.6 Å². The number of hydrogen-bond acceptors (Lipinski definition) is 3. The van der Waals surface area contributed by atoms with Gasteiger partial charge in [-0.05, 0) is 51.0 Å². The lowest BCUT2D eigenvalue weighted by atomic mass is 10.00. The van der Waals surface area contributed by atoms with Gasteiger partial charge >= 0.3 is 0 Å². The molecule has 0 fully saturated rings. The molecule has 2 atom stereocenters. The van der Waals surface area contributed by atoms with Crippen LogP contribution in [0.2, 0.25) is 0 Å². The second-order valence-electron chi connectivity index (χ2n) is 6.66. The van der Waals surface area contributed by atoms with Crippen LogP contribution in [0.5, 0.6) is 0 Å². The highest BCUT2D eigenvalue weighted by atomic mass is 32.2. The molecule has 0 aliphatic rings. The topological polar surface area (TPSA) is 66.5 Å². The first-order valence-corrected chi connectivity index (χ1v) is 10.4. The first-order valence-electron chi connectivity index (χ1n) is 8.53. The number of nitrogens with zero attached hydrogens (tertiary/aromatic N) is 1. The number of sulfonamides is 1. The highest BCUT2D eigenvalue weighted by Gasteiger charge is 2.29. The summed E-state index contributed by atoms with van der Waals surface area (Å²) >= 11 is 0. The molecule has 2 aromatic carbocycles. The van der Waals surface area contributed by atoms with E-state index in [1.54, 1.807) is 37.3 Å². The maximum absolute atomic E-state index is 12.8. The van der Waals surface area contributed by atoms with Crippen molar-refractivity contribution in [1.82, 2.24) is 5.32 Å². The molecule has 0 unspecified atom stereocenters. The van der Waals surface area contributed by atoms with Crippen LogP contribution in [0.15, 0.2) is 48.5 Å². The Balaban J connectivity index is 2.25. The molecule has 0 heterocycles. The van der Waals surface area contributed by atoms with Crippen LogP contribution in [0.4, 0.5) is 5.69 Å². The van der Waals surface area contributed by atoms with Crippen LogP contribution in [0, 0.1) is 13.8 Å². The first-order chi connectivity index (χ1) is 12.1. The quantitative estimate of drug-likeness (QED) is 0.843. The van der Waals surface area contributed by atoms with Gasteiger partial charge in [0.1, 0.15) is 6.04 Å². The summed E-state index contributed by atoms with van der Waals surface area (Å²) in [4.78, 5) is 12.8. The van der Waals surface area contributed by atoms with Crippen molar-refractivity contribution < 1.29 is 13.2 Å². The molecule has 5 nitrogen and oxygen atoms in total. The van der Waals surface area contributed by atoms with Crippen molar-refractivity contribution in [3.05, 3.63) is 65.2 Å². The minimum atomic E-state index is -3.61. The van der Waals surface area contributed by atoms with Gasteiger partial charge in [-0.1, -0.05) is 42.0 Å². The Labute approximate surface area is 156 Å². The minimum Gasteiger partial charge on any atom is -0.348 e. The van der Waals surface area contributed by atoms with E-state index in [1.165, 1.54) is 0 Å². The molecule has 6 heteroatoms. The fourth-order valence-electron chi connectivity index (χ4n) is 3.02. The Bertz CT molecular complexity index is 879. The zero-order valence-corrected chi connectivity index (χ0v) is 16.7. The molecule has 2 aromatic rings. The maximum Gasteiger partial charge on any atom is 0.244 e. The summed E-state index contributed by atoms with van der Waals surface area (Å²) in [6.45, 7) is 7.49. The number of carbonyl (C=O) groups excluding carboxylic acids is 1. The van der Waals surface area contributed by atoms with Gasteiger partial charge in [0.25, 0.3) is 0 Å². The molecule has 0 spiro atoms. The van der Waals surface area contributed by atoms with Crippen LogP contribution in [0.25, 0.3) is 0 Å². The average Bonchev–Trinajstić information content (AvgIpc) is 2.56. The van der Waals surface area contributed by atoms with Gasteiger partial charge in [0.2, 0.25) is 15.9 Å². The summed E-state index contributed by atoms with van der Waals surface area (Å²) < 4.78 is 25.7. The third-order valence-electron chi connectivity index (χ3n) is 4.36. The number of carbonyl (C=O) groups is 1. The summed E-state index contributed by atoms with van der Waals surface area (Å²) in [6.07, 6.45) is 1.11. The number of hydrogen-bond donors (Lipinski definition) is 1. The lowest BCUT2D eigenvalue weighted by Crippen LogP contribution is -2.48. The highest BCUT2D eigenvalue weighted by molar-refractivity contribution is 7.92. The lowest BCUT2D eigenvalue weighted by Gasteiger charge is -2.29. The third kappa shape index (κ3) is 4.64. The molecule has 0 saturated carbocycles. The van der Waals surface area contributed by atoms with Gasteiger partial charge in [-0.3, -0.25) is 9.10 Å². The number of rotatable bonds is 6. The number of aryl methyl sites for hydroxylation is 2. The molecule has 0 aromatic heterocycles. The van der Waals surface area contributed by atoms with E-state index in [4.69, 9.17) is 0 Å². The van der Waals surface area contributed by atoms with Crippen molar-refractivity contribution in [3.63, 3.8) is 0 Å². The standard InChI is InChI=1S/C20H26N2O3S/c1-14-11-12-15(2)19(13-14)16(3)21-20(23)17(4)22(26(5,24)25)18-9-7-6-8-10-18/h6-13,16-17H,1-5H3,(H,21,23)/t16-,17-/m1/s1. The first kappa shape index (κ1) is 20.0. The molecular weight excluding hydrogens is 348 g/mol. The Kier molecular flexibility index (Phi) is 6.08. The fourth-order valence-corrected chi connectivity index (χ4v) is 4.20. The van der Waals surface area contributed by atoms with Crippen molar-refractivity contribution in [1.29, 1.82) is 0 Å². The van der Waals surface area contributed by atoms with E-state index in [9.17, 15) is 13.2 Å². The van der Waals surface area contributed by atoms with Crippen LogP contribution >= 0.6 is 0 Å². The predicted octanol–water partition coefficient (Wildman–Crippen LogP) is 3.34. The van der Waals surface area contributed by atoms with E-state index < -0.39 is 16.1 Å². The normalized spacial score (nSPS) is 13.7. The molecule has 0 bridgehead atoms. The number of amides is 1. The smallest absolute Gasteiger partial charge is 0.244 e. The monoisotopic (exact) mass is 374 g/mol. The molecule has 0 radical (unpaired) electrons. The molecule has 0 saturated heterocycles. The zero-order chi connectivity index (χ0) is 19.5. The van der Waals surface area contributed by atoms with E-state index in [0.29, 0.717) is 5.69 Å². The number of benzene rings is 2. The van der Waals surface area contributed by atoms with Crippen molar-refractivity contribution in [2.24, 2.45) is 0 Å². The van der Waals surface area contributed by atoms with Crippen LogP contribution in [0.3, 0.4) is 0 Å². The molecule has 1 amide bonds. The van der Waals surface area contributed by atoms with E-state index in [-0.39, 0.29) is 11.9 Å². The van der Waals surface area contributed by atoms with Crippen LogP contribution < -0.4 is 9.62 Å². The fraction of sp³-hybridized carbons (Fsp3) is 0.350. The second kappa shape index (κ2) is 7.91. The van der Waals surface area contributed by atoms with E-state index in [1.807, 2.05) is 39.0 Å². The molecule has 0 aliphatic heterocycles. The molecule has 26 heavy (non-hydrogen) atoms. The summed E-state index contributed by atoms with van der Waals surface area (Å²) in [5, 5.41) is 2.94. The Morgan fingerprint density at radius 1 is 1.04 bits per heavy atom. The molecular formula is C20H26N2O3S. The second-order valence-corrected chi connectivity index (χ2v) is 8.52. The molecule has 1 N–H and O–H groups in total. The van der Waals surface area contributed by atoms with E-state index >= 15 is 0 Å². The zero-order valence-electron chi connectivity index (χ0n) is 15.9. The molecule has 0 aliphatic carbocycles. The summed E-state index contributed by atoms with van der Waals surface area (Å²) in [5.41, 5.74) is 3.69. The van der Waals surface area contributed by atoms with Gasteiger partial charge < -0.3 is 5.32 Å². The number of para-hydroxylation sites is 1. The third-order valence-corrected chi connectivity index (χ3v) is 5.60. The Morgan fingerprint density at radius 2 is 1.65 bits per heavy atom. The average molecular weight is 375 g/mol. The largest absolute Gasteiger partial charge is 0.348 e. The molecule has 140 valence electrons. The van der Waals surface area contributed by atoms with Crippen LogP contribution in [0.1, 0.15) is 36.6 Å². The van der Waals surface area contributed by atoms with Crippen molar-refractivity contribution >= 4 is 21.6 Å². The van der Waals surface area contributed by atoms with Gasteiger partial charge in [0.05, 0.1) is 18.0 Å². The maximum atomic E-state index is 12.8. The van der Waals surface area contributed by atoms with Gasteiger partial charge in [-0.2, -0.15) is 0 Å². The Morgan fingerprint density at radius 3 is 2.23 bits per heavy atom. The summed E-state index contributed by atoms with van der Waals surface area (Å²) in [6, 6.07) is 13.7. The number of anilines is 1. The van der Waals surface area contributed by atoms with Crippen molar-refractivity contribution in [3.8, 4) is 0 Å². The van der Waals surface area contributed by atoms with Gasteiger partial charge in [0, 0.05) is 0 Å². The summed E-state index contributed by atoms with van der Waals surface area (Å²) in [7, 11) is -3.61. The highest BCUT2D eigenvalue weighted by Crippen LogP contribution is 2.22. The summed E-state index contributed by atoms with van der Waals surface area (Å²) in [5.74, 6) is -0.340.